The third kappa shape index (κ3) is 3.75. The van der Waals surface area contributed by atoms with Crippen LogP contribution in [-0.2, 0) is 0 Å². The number of carbonyl (C=O) groups is 1. The average molecular weight is 287 g/mol. The Morgan fingerprint density at radius 1 is 1.32 bits per heavy atom. The van der Waals surface area contributed by atoms with Crippen LogP contribution in [-0.4, -0.2) is 31.2 Å². The number of nitrogens with one attached hydrogen (secondary N) is 1. The number of rotatable bonds is 3. The van der Waals surface area contributed by atoms with E-state index >= 15 is 0 Å². The Labute approximate surface area is 118 Å². The summed E-state index contributed by atoms with van der Waals surface area (Å²) in [6.07, 6.45) is 0. The lowest BCUT2D eigenvalue weighted by atomic mass is 10.0. The minimum atomic E-state index is -0.426. The van der Waals surface area contributed by atoms with E-state index in [2.05, 4.69) is 5.32 Å². The maximum absolute atomic E-state index is 12.0. The van der Waals surface area contributed by atoms with E-state index < -0.39 is 5.54 Å². The van der Waals surface area contributed by atoms with Gasteiger partial charge in [0.05, 0.1) is 0 Å². The summed E-state index contributed by atoms with van der Waals surface area (Å²) < 4.78 is 10.8. The molecule has 1 heterocycles. The highest BCUT2D eigenvalue weighted by Gasteiger charge is 2.21. The van der Waals surface area contributed by atoms with Gasteiger partial charge in [0.2, 0.25) is 0 Å². The smallest absolute Gasteiger partial charge is 0.251 e. The number of nitrogens with two attached hydrogens (primary N) is 1. The van der Waals surface area contributed by atoms with Crippen LogP contribution in [0.4, 0.5) is 0 Å². The van der Waals surface area contributed by atoms with Crippen molar-refractivity contribution in [3.63, 3.8) is 0 Å². The maximum atomic E-state index is 12.0. The number of fused-ring (bicyclic) bond motifs is 1. The molecular formula is C13H19ClN2O3. The zero-order chi connectivity index (χ0) is 13.2. The van der Waals surface area contributed by atoms with Crippen LogP contribution in [0.25, 0.3) is 0 Å². The Bertz CT molecular complexity index is 463. The average Bonchev–Trinajstić information content (AvgIpc) is 2.37. The van der Waals surface area contributed by atoms with Crippen molar-refractivity contribution in [1.82, 2.24) is 5.32 Å². The number of carbonyl (C=O) groups excluding carboxylic acids is 1. The van der Waals surface area contributed by atoms with Gasteiger partial charge in [0.1, 0.15) is 13.2 Å². The van der Waals surface area contributed by atoms with Crippen LogP contribution in [0.3, 0.4) is 0 Å². The molecule has 5 nitrogen and oxygen atoms in total. The largest absolute Gasteiger partial charge is 0.486 e. The van der Waals surface area contributed by atoms with Crippen molar-refractivity contribution < 1.29 is 14.3 Å². The predicted molar refractivity (Wildman–Crippen MR) is 75.3 cm³/mol. The second-order valence-electron chi connectivity index (χ2n) is 4.90. The van der Waals surface area contributed by atoms with Gasteiger partial charge in [0.25, 0.3) is 5.91 Å². The molecule has 106 valence electrons. The van der Waals surface area contributed by atoms with Crippen molar-refractivity contribution in [2.75, 3.05) is 19.8 Å². The molecule has 0 bridgehead atoms. The molecule has 0 saturated carbocycles. The van der Waals surface area contributed by atoms with Gasteiger partial charge in [0.15, 0.2) is 11.5 Å². The zero-order valence-electron chi connectivity index (χ0n) is 11.1. The van der Waals surface area contributed by atoms with Gasteiger partial charge < -0.3 is 20.5 Å². The van der Waals surface area contributed by atoms with Crippen molar-refractivity contribution in [3.8, 4) is 11.5 Å². The van der Waals surface area contributed by atoms with E-state index in [0.717, 1.165) is 0 Å². The Morgan fingerprint density at radius 3 is 2.58 bits per heavy atom. The number of benzene rings is 1. The fourth-order valence-electron chi connectivity index (χ4n) is 1.62. The van der Waals surface area contributed by atoms with E-state index in [1.54, 1.807) is 18.2 Å². The van der Waals surface area contributed by atoms with Crippen LogP contribution in [0, 0.1) is 0 Å². The molecule has 1 aromatic carbocycles. The van der Waals surface area contributed by atoms with Gasteiger partial charge in [-0.15, -0.1) is 12.4 Å². The summed E-state index contributed by atoms with van der Waals surface area (Å²) in [5, 5.41) is 2.87. The van der Waals surface area contributed by atoms with Crippen LogP contribution < -0.4 is 20.5 Å². The van der Waals surface area contributed by atoms with Gasteiger partial charge in [-0.1, -0.05) is 0 Å². The molecule has 1 aliphatic rings. The first-order chi connectivity index (χ1) is 8.52. The highest BCUT2D eigenvalue weighted by Crippen LogP contribution is 2.30. The molecule has 3 N–H and O–H groups in total. The van der Waals surface area contributed by atoms with Gasteiger partial charge in [-0.25, -0.2) is 0 Å². The Morgan fingerprint density at radius 2 is 1.95 bits per heavy atom. The van der Waals surface area contributed by atoms with E-state index in [-0.39, 0.29) is 18.3 Å². The highest BCUT2D eigenvalue weighted by molar-refractivity contribution is 5.95. The van der Waals surface area contributed by atoms with E-state index in [1.807, 2.05) is 13.8 Å². The maximum Gasteiger partial charge on any atom is 0.251 e. The first kappa shape index (κ1) is 15.6. The molecule has 0 unspecified atom stereocenters. The molecule has 0 atom stereocenters. The minimum Gasteiger partial charge on any atom is -0.486 e. The van der Waals surface area contributed by atoms with E-state index in [9.17, 15) is 4.79 Å². The molecule has 0 spiro atoms. The summed E-state index contributed by atoms with van der Waals surface area (Å²) in [7, 11) is 0. The zero-order valence-corrected chi connectivity index (χ0v) is 11.9. The predicted octanol–water partition coefficient (Wildman–Crippen LogP) is 1.35. The van der Waals surface area contributed by atoms with Crippen molar-refractivity contribution >= 4 is 18.3 Å². The van der Waals surface area contributed by atoms with Gasteiger partial charge in [0, 0.05) is 17.6 Å². The molecule has 1 amide bonds. The highest BCUT2D eigenvalue weighted by atomic mass is 35.5. The summed E-state index contributed by atoms with van der Waals surface area (Å²) in [4.78, 5) is 12.0. The molecule has 2 rings (SSSR count). The van der Waals surface area contributed by atoms with Crippen molar-refractivity contribution in [1.29, 1.82) is 0 Å². The van der Waals surface area contributed by atoms with Crippen LogP contribution in [0.5, 0.6) is 11.5 Å². The Hall–Kier alpha value is -1.46. The minimum absolute atomic E-state index is 0. The first-order valence-corrected chi connectivity index (χ1v) is 5.94. The Balaban J connectivity index is 0.00000180. The normalized spacial score (nSPS) is 13.4. The molecule has 6 heteroatoms. The summed E-state index contributed by atoms with van der Waals surface area (Å²) in [5.41, 5.74) is 5.70. The van der Waals surface area contributed by atoms with E-state index in [4.69, 9.17) is 15.2 Å². The van der Waals surface area contributed by atoms with Gasteiger partial charge in [-0.3, -0.25) is 4.79 Å². The molecular weight excluding hydrogens is 268 g/mol. The second kappa shape index (κ2) is 6.12. The number of hydrogen-bond donors (Lipinski definition) is 2. The van der Waals surface area contributed by atoms with Crippen molar-refractivity contribution in [3.05, 3.63) is 23.8 Å². The third-order valence-electron chi connectivity index (χ3n) is 2.77. The molecule has 0 saturated heterocycles. The van der Waals surface area contributed by atoms with Crippen molar-refractivity contribution in [2.24, 2.45) is 5.73 Å². The fraction of sp³-hybridized carbons (Fsp3) is 0.462. The van der Waals surface area contributed by atoms with Gasteiger partial charge in [-0.05, 0) is 32.0 Å². The van der Waals surface area contributed by atoms with Crippen LogP contribution in [0.2, 0.25) is 0 Å². The first-order valence-electron chi connectivity index (χ1n) is 5.94. The van der Waals surface area contributed by atoms with Gasteiger partial charge in [-0.2, -0.15) is 0 Å². The van der Waals surface area contributed by atoms with E-state index in [1.165, 1.54) is 0 Å². The van der Waals surface area contributed by atoms with Crippen LogP contribution in [0.15, 0.2) is 18.2 Å². The molecule has 0 aliphatic carbocycles. The van der Waals surface area contributed by atoms with E-state index in [0.29, 0.717) is 36.8 Å². The molecule has 19 heavy (non-hydrogen) atoms. The summed E-state index contributed by atoms with van der Waals surface area (Å²) >= 11 is 0. The topological polar surface area (TPSA) is 73.6 Å². The molecule has 1 aromatic rings. The molecule has 0 radical (unpaired) electrons. The number of halogens is 1. The fourth-order valence-corrected chi connectivity index (χ4v) is 1.62. The number of ether oxygens (including phenoxy) is 2. The summed E-state index contributed by atoms with van der Waals surface area (Å²) in [5.74, 6) is 1.12. The monoisotopic (exact) mass is 286 g/mol. The molecule has 1 aliphatic heterocycles. The van der Waals surface area contributed by atoms with Crippen LogP contribution >= 0.6 is 12.4 Å². The standard InChI is InChI=1S/C13H18N2O3.ClH/c1-13(2,8-14)15-12(16)9-3-4-10-11(7-9)18-6-5-17-10;/h3-4,7H,5-6,8,14H2,1-2H3,(H,15,16);1H. The summed E-state index contributed by atoms with van der Waals surface area (Å²) in [6, 6.07) is 5.16. The number of amides is 1. The lowest BCUT2D eigenvalue weighted by Gasteiger charge is -2.24. The lowest BCUT2D eigenvalue weighted by Crippen LogP contribution is -2.48. The van der Waals surface area contributed by atoms with Crippen molar-refractivity contribution in [2.45, 2.75) is 19.4 Å². The SMILES string of the molecule is CC(C)(CN)NC(=O)c1ccc2c(c1)OCCO2.Cl. The quantitative estimate of drug-likeness (QED) is 0.880. The number of hydrogen-bond acceptors (Lipinski definition) is 4. The van der Waals surface area contributed by atoms with Gasteiger partial charge >= 0.3 is 0 Å². The summed E-state index contributed by atoms with van der Waals surface area (Å²) in [6.45, 7) is 5.18. The Kier molecular flexibility index (Phi) is 5.03. The molecule has 0 fully saturated rings. The third-order valence-corrected chi connectivity index (χ3v) is 2.77. The van der Waals surface area contributed by atoms with Crippen LogP contribution in [0.1, 0.15) is 24.2 Å². The molecule has 0 aromatic heterocycles. The lowest BCUT2D eigenvalue weighted by molar-refractivity contribution is 0.0914. The second-order valence-corrected chi connectivity index (χ2v) is 4.90.